The second-order valence-electron chi connectivity index (χ2n) is 6.20. The maximum Gasteiger partial charge on any atom is 0.152 e. The van der Waals surface area contributed by atoms with Crippen LogP contribution in [0.5, 0.6) is 0 Å². The zero-order chi connectivity index (χ0) is 15.9. The average Bonchev–Trinajstić information content (AvgIpc) is 2.62. The first-order valence-electron chi connectivity index (χ1n) is 8.47. The summed E-state index contributed by atoms with van der Waals surface area (Å²) < 4.78 is 0. The largest absolute Gasteiger partial charge is 0.290 e. The third-order valence-corrected chi connectivity index (χ3v) is 4.50. The Labute approximate surface area is 138 Å². The van der Waals surface area contributed by atoms with Gasteiger partial charge in [0.1, 0.15) is 0 Å². The Bertz CT molecular complexity index is 646. The molecule has 0 heterocycles. The molecule has 3 rings (SSSR count). The number of benzene rings is 2. The van der Waals surface area contributed by atoms with Crippen LogP contribution in [0.15, 0.2) is 59.6 Å². The van der Waals surface area contributed by atoms with Crippen molar-refractivity contribution in [2.24, 2.45) is 4.99 Å². The molecule has 1 saturated carbocycles. The number of hydroxylamine groups is 1. The van der Waals surface area contributed by atoms with Crippen LogP contribution in [0.2, 0.25) is 0 Å². The molecule has 0 spiro atoms. The van der Waals surface area contributed by atoms with Gasteiger partial charge < -0.3 is 0 Å². The van der Waals surface area contributed by atoms with Gasteiger partial charge >= 0.3 is 0 Å². The van der Waals surface area contributed by atoms with Crippen molar-refractivity contribution in [3.05, 3.63) is 71.3 Å². The van der Waals surface area contributed by atoms with Crippen LogP contribution < -0.4 is 5.48 Å². The van der Waals surface area contributed by atoms with Crippen molar-refractivity contribution < 1.29 is 5.21 Å². The lowest BCUT2D eigenvalue weighted by atomic mass is 9.95. The molecule has 0 radical (unpaired) electrons. The van der Waals surface area contributed by atoms with Crippen molar-refractivity contribution in [3.63, 3.8) is 0 Å². The number of amidine groups is 1. The topological polar surface area (TPSA) is 44.6 Å². The van der Waals surface area contributed by atoms with E-state index in [4.69, 9.17) is 4.99 Å². The van der Waals surface area contributed by atoms with Crippen LogP contribution in [0.4, 0.5) is 0 Å². The quantitative estimate of drug-likeness (QED) is 0.501. The van der Waals surface area contributed by atoms with Gasteiger partial charge in [-0.05, 0) is 30.4 Å². The van der Waals surface area contributed by atoms with Gasteiger partial charge in [-0.2, -0.15) is 0 Å². The first-order valence-corrected chi connectivity index (χ1v) is 8.47. The highest BCUT2D eigenvalue weighted by Gasteiger charge is 2.15. The van der Waals surface area contributed by atoms with Gasteiger partial charge in [0, 0.05) is 5.56 Å². The van der Waals surface area contributed by atoms with E-state index in [0.717, 1.165) is 24.8 Å². The Morgan fingerprint density at radius 3 is 2.39 bits per heavy atom. The van der Waals surface area contributed by atoms with E-state index in [1.165, 1.54) is 30.4 Å². The maximum atomic E-state index is 9.62. The molecule has 1 aliphatic carbocycles. The molecular formula is C20H24N2O. The van der Waals surface area contributed by atoms with Gasteiger partial charge in [0.15, 0.2) is 5.84 Å². The van der Waals surface area contributed by atoms with Gasteiger partial charge in [0.25, 0.3) is 0 Å². The third-order valence-electron chi connectivity index (χ3n) is 4.50. The zero-order valence-corrected chi connectivity index (χ0v) is 13.4. The number of hydrogen-bond acceptors (Lipinski definition) is 2. The van der Waals surface area contributed by atoms with E-state index in [1.807, 2.05) is 24.3 Å². The van der Waals surface area contributed by atoms with Crippen molar-refractivity contribution in [3.8, 4) is 0 Å². The Balaban J connectivity index is 1.86. The van der Waals surface area contributed by atoms with Crippen LogP contribution in [0, 0.1) is 0 Å². The van der Waals surface area contributed by atoms with Crippen molar-refractivity contribution >= 4 is 5.84 Å². The van der Waals surface area contributed by atoms with Gasteiger partial charge in [-0.15, -0.1) is 0 Å². The first-order chi connectivity index (χ1) is 11.4. The van der Waals surface area contributed by atoms with E-state index >= 15 is 0 Å². The minimum atomic E-state index is 0.322. The molecule has 120 valence electrons. The number of rotatable bonds is 4. The summed E-state index contributed by atoms with van der Waals surface area (Å²) in [5.74, 6) is 0.600. The van der Waals surface area contributed by atoms with Gasteiger partial charge in [0.2, 0.25) is 0 Å². The Kier molecular flexibility index (Phi) is 5.43. The SMILES string of the molecule is ONC(=NC1CCCCC1)c1ccccc1Cc1ccccc1. The van der Waals surface area contributed by atoms with Crippen molar-refractivity contribution in [2.75, 3.05) is 0 Å². The van der Waals surface area contributed by atoms with E-state index in [2.05, 4.69) is 35.8 Å². The van der Waals surface area contributed by atoms with Crippen molar-refractivity contribution in [1.29, 1.82) is 0 Å². The van der Waals surface area contributed by atoms with E-state index in [9.17, 15) is 5.21 Å². The second kappa shape index (κ2) is 7.93. The highest BCUT2D eigenvalue weighted by atomic mass is 16.5. The molecule has 0 bridgehead atoms. The van der Waals surface area contributed by atoms with Crippen molar-refractivity contribution in [1.82, 2.24) is 5.48 Å². The molecule has 1 aliphatic rings. The molecule has 2 aromatic carbocycles. The molecule has 3 nitrogen and oxygen atoms in total. The fourth-order valence-electron chi connectivity index (χ4n) is 3.27. The van der Waals surface area contributed by atoms with E-state index in [1.54, 1.807) is 0 Å². The lowest BCUT2D eigenvalue weighted by Gasteiger charge is -2.20. The number of nitrogens with zero attached hydrogens (tertiary/aromatic N) is 1. The summed E-state index contributed by atoms with van der Waals surface area (Å²) in [5, 5.41) is 9.62. The fourth-order valence-corrected chi connectivity index (χ4v) is 3.27. The number of hydrogen-bond donors (Lipinski definition) is 2. The molecule has 0 aliphatic heterocycles. The van der Waals surface area contributed by atoms with Crippen LogP contribution in [-0.4, -0.2) is 17.1 Å². The predicted octanol–water partition coefficient (Wildman–Crippen LogP) is 4.34. The summed E-state index contributed by atoms with van der Waals surface area (Å²) in [6.45, 7) is 0. The normalized spacial score (nSPS) is 16.3. The van der Waals surface area contributed by atoms with Gasteiger partial charge in [-0.25, -0.2) is 0 Å². The third kappa shape index (κ3) is 4.20. The van der Waals surface area contributed by atoms with Crippen LogP contribution in [0.3, 0.4) is 0 Å². The molecule has 3 heteroatoms. The average molecular weight is 308 g/mol. The zero-order valence-electron chi connectivity index (χ0n) is 13.4. The molecule has 0 aromatic heterocycles. The summed E-state index contributed by atoms with van der Waals surface area (Å²) >= 11 is 0. The van der Waals surface area contributed by atoms with Crippen LogP contribution in [0.1, 0.15) is 48.8 Å². The molecular weight excluding hydrogens is 284 g/mol. The molecule has 0 saturated heterocycles. The maximum absolute atomic E-state index is 9.62. The number of aliphatic imine (C=N–C) groups is 1. The lowest BCUT2D eigenvalue weighted by Crippen LogP contribution is -2.25. The van der Waals surface area contributed by atoms with Crippen LogP contribution in [0.25, 0.3) is 0 Å². The minimum absolute atomic E-state index is 0.322. The first kappa shape index (κ1) is 15.8. The molecule has 0 amide bonds. The molecule has 2 N–H and O–H groups in total. The van der Waals surface area contributed by atoms with Crippen LogP contribution >= 0.6 is 0 Å². The molecule has 2 aromatic rings. The smallest absolute Gasteiger partial charge is 0.152 e. The molecule has 0 atom stereocenters. The minimum Gasteiger partial charge on any atom is -0.290 e. The summed E-state index contributed by atoms with van der Waals surface area (Å²) in [6.07, 6.45) is 6.84. The van der Waals surface area contributed by atoms with Crippen LogP contribution in [-0.2, 0) is 6.42 Å². The predicted molar refractivity (Wildman–Crippen MR) is 94.0 cm³/mol. The number of nitrogens with one attached hydrogen (secondary N) is 1. The molecule has 23 heavy (non-hydrogen) atoms. The summed E-state index contributed by atoms with van der Waals surface area (Å²) in [4.78, 5) is 4.78. The van der Waals surface area contributed by atoms with Gasteiger partial charge in [-0.3, -0.25) is 15.7 Å². The molecule has 0 unspecified atom stereocenters. The second-order valence-corrected chi connectivity index (χ2v) is 6.20. The van der Waals surface area contributed by atoms with Crippen molar-refractivity contribution in [2.45, 2.75) is 44.6 Å². The Hall–Kier alpha value is -2.13. The standard InChI is InChI=1S/C20H24N2O/c23-22-20(21-18-12-5-2-6-13-18)19-14-8-7-11-17(19)15-16-9-3-1-4-10-16/h1,3-4,7-11,14,18,23H,2,5-6,12-13,15H2,(H,21,22). The summed E-state index contributed by atoms with van der Waals surface area (Å²) in [7, 11) is 0. The highest BCUT2D eigenvalue weighted by Crippen LogP contribution is 2.22. The van der Waals surface area contributed by atoms with E-state index in [-0.39, 0.29) is 0 Å². The Morgan fingerprint density at radius 1 is 0.957 bits per heavy atom. The monoisotopic (exact) mass is 308 g/mol. The van der Waals surface area contributed by atoms with Gasteiger partial charge in [-0.1, -0.05) is 73.9 Å². The van der Waals surface area contributed by atoms with E-state index < -0.39 is 0 Å². The lowest BCUT2D eigenvalue weighted by molar-refractivity contribution is 0.233. The fraction of sp³-hybridized carbons (Fsp3) is 0.350. The van der Waals surface area contributed by atoms with Gasteiger partial charge in [0.05, 0.1) is 6.04 Å². The highest BCUT2D eigenvalue weighted by molar-refractivity contribution is 5.99. The van der Waals surface area contributed by atoms with E-state index in [0.29, 0.717) is 11.9 Å². The molecule has 1 fully saturated rings. The summed E-state index contributed by atoms with van der Waals surface area (Å²) in [5.41, 5.74) is 5.77. The summed E-state index contributed by atoms with van der Waals surface area (Å²) in [6, 6.07) is 18.9. The Morgan fingerprint density at radius 2 is 1.65 bits per heavy atom.